The molecule has 3 rings (SSSR count). The van der Waals surface area contributed by atoms with Crippen molar-refractivity contribution in [2.75, 3.05) is 13.1 Å². The number of fused-ring (bicyclic) bond motifs is 1. The maximum Gasteiger partial charge on any atom is 0.410 e. The zero-order chi connectivity index (χ0) is 18.2. The van der Waals surface area contributed by atoms with Crippen LogP contribution in [-0.4, -0.2) is 39.2 Å². The predicted molar refractivity (Wildman–Crippen MR) is 99.8 cm³/mol. The fourth-order valence-electron chi connectivity index (χ4n) is 3.04. The van der Waals surface area contributed by atoms with Gasteiger partial charge in [0.1, 0.15) is 5.60 Å². The number of halogens is 1. The number of ether oxygens (including phenoxy) is 1. The van der Waals surface area contributed by atoms with Gasteiger partial charge in [-0.2, -0.15) is 0 Å². The van der Waals surface area contributed by atoms with E-state index in [2.05, 4.69) is 20.9 Å². The number of rotatable bonds is 1. The Labute approximate surface area is 154 Å². The molecule has 134 valence electrons. The maximum absolute atomic E-state index is 12.8. The highest BCUT2D eigenvalue weighted by Crippen LogP contribution is 2.23. The Morgan fingerprint density at radius 3 is 2.84 bits per heavy atom. The van der Waals surface area contributed by atoms with Crippen LogP contribution in [0.5, 0.6) is 0 Å². The van der Waals surface area contributed by atoms with Crippen molar-refractivity contribution in [3.8, 4) is 0 Å². The lowest BCUT2D eigenvalue weighted by atomic mass is 10.1. The van der Waals surface area contributed by atoms with Crippen molar-refractivity contribution in [3.63, 3.8) is 0 Å². The van der Waals surface area contributed by atoms with Crippen molar-refractivity contribution >= 4 is 32.9 Å². The summed E-state index contributed by atoms with van der Waals surface area (Å²) in [6, 6.07) is 5.35. The second-order valence-corrected chi connectivity index (χ2v) is 8.26. The SMILES string of the molecule is CC(C)(C)OC(=O)N1CCCC(n2cnc3cc(Br)ccc3c2=O)C1. The lowest BCUT2D eigenvalue weighted by molar-refractivity contribution is 0.0171. The third kappa shape index (κ3) is 4.03. The van der Waals surface area contributed by atoms with Gasteiger partial charge in [0.05, 0.1) is 23.3 Å². The predicted octanol–water partition coefficient (Wildman–Crippen LogP) is 3.73. The Bertz CT molecular complexity index is 857. The lowest BCUT2D eigenvalue weighted by Gasteiger charge is -2.34. The molecular weight excluding hydrogens is 386 g/mol. The molecule has 1 fully saturated rings. The number of carbonyl (C=O) groups is 1. The number of benzene rings is 1. The molecule has 25 heavy (non-hydrogen) atoms. The van der Waals surface area contributed by atoms with E-state index in [1.165, 1.54) is 0 Å². The Morgan fingerprint density at radius 1 is 1.36 bits per heavy atom. The molecule has 0 aliphatic carbocycles. The van der Waals surface area contributed by atoms with Crippen LogP contribution in [0.15, 0.2) is 33.8 Å². The Balaban J connectivity index is 1.85. The van der Waals surface area contributed by atoms with Crippen LogP contribution in [0.1, 0.15) is 39.7 Å². The summed E-state index contributed by atoms with van der Waals surface area (Å²) in [6.45, 7) is 6.65. The third-order valence-electron chi connectivity index (χ3n) is 4.19. The zero-order valence-electron chi connectivity index (χ0n) is 14.7. The minimum Gasteiger partial charge on any atom is -0.444 e. The van der Waals surface area contributed by atoms with Crippen molar-refractivity contribution in [2.45, 2.75) is 45.3 Å². The van der Waals surface area contributed by atoms with E-state index in [0.29, 0.717) is 24.0 Å². The van der Waals surface area contributed by atoms with Gasteiger partial charge in [0.25, 0.3) is 5.56 Å². The van der Waals surface area contributed by atoms with Crippen molar-refractivity contribution in [1.82, 2.24) is 14.5 Å². The average molecular weight is 408 g/mol. The molecule has 0 saturated carbocycles. The standard InChI is InChI=1S/C18H22BrN3O3/c1-18(2,3)25-17(24)21-8-4-5-13(10-21)22-11-20-15-9-12(19)6-7-14(15)16(22)23/h6-7,9,11,13H,4-5,8,10H2,1-3H3. The van der Waals surface area contributed by atoms with Gasteiger partial charge in [0, 0.05) is 17.6 Å². The molecule has 1 aromatic carbocycles. The van der Waals surface area contributed by atoms with E-state index in [1.807, 2.05) is 32.9 Å². The molecule has 0 radical (unpaired) electrons. The molecule has 1 saturated heterocycles. The van der Waals surface area contributed by atoms with Crippen molar-refractivity contribution in [2.24, 2.45) is 0 Å². The summed E-state index contributed by atoms with van der Waals surface area (Å²) >= 11 is 3.39. The van der Waals surface area contributed by atoms with Crippen LogP contribution in [0.2, 0.25) is 0 Å². The van der Waals surface area contributed by atoms with Gasteiger partial charge in [0.2, 0.25) is 0 Å². The summed E-state index contributed by atoms with van der Waals surface area (Å²) in [5.74, 6) is 0. The van der Waals surface area contributed by atoms with Gasteiger partial charge in [-0.3, -0.25) is 9.36 Å². The first kappa shape index (κ1) is 17.9. The summed E-state index contributed by atoms with van der Waals surface area (Å²) < 4.78 is 7.99. The fraction of sp³-hybridized carbons (Fsp3) is 0.500. The Kier molecular flexibility index (Phi) is 4.86. The largest absolute Gasteiger partial charge is 0.444 e. The highest BCUT2D eigenvalue weighted by atomic mass is 79.9. The number of hydrogen-bond donors (Lipinski definition) is 0. The second-order valence-electron chi connectivity index (χ2n) is 7.34. The number of hydrogen-bond acceptors (Lipinski definition) is 4. The molecule has 0 spiro atoms. The minimum absolute atomic E-state index is 0.0754. The van der Waals surface area contributed by atoms with Crippen LogP contribution in [0.4, 0.5) is 4.79 Å². The van der Waals surface area contributed by atoms with Crippen LogP contribution >= 0.6 is 15.9 Å². The number of aromatic nitrogens is 2. The van der Waals surface area contributed by atoms with Gasteiger partial charge in [-0.25, -0.2) is 9.78 Å². The first-order valence-corrected chi connectivity index (χ1v) is 9.18. The molecule has 6 nitrogen and oxygen atoms in total. The number of nitrogens with zero attached hydrogens (tertiary/aromatic N) is 3. The van der Waals surface area contributed by atoms with Gasteiger partial charge in [-0.15, -0.1) is 0 Å². The molecule has 1 aromatic heterocycles. The van der Waals surface area contributed by atoms with Crippen molar-refractivity contribution in [3.05, 3.63) is 39.4 Å². The summed E-state index contributed by atoms with van der Waals surface area (Å²) in [6.07, 6.45) is 2.92. The van der Waals surface area contributed by atoms with E-state index in [1.54, 1.807) is 21.9 Å². The molecule has 0 N–H and O–H groups in total. The quantitative estimate of drug-likeness (QED) is 0.722. The second kappa shape index (κ2) is 6.78. The number of likely N-dealkylation sites (tertiary alicyclic amines) is 1. The van der Waals surface area contributed by atoms with Gasteiger partial charge in [0.15, 0.2) is 0 Å². The van der Waals surface area contributed by atoms with E-state index in [0.717, 1.165) is 17.3 Å². The highest BCUT2D eigenvalue weighted by molar-refractivity contribution is 9.10. The smallest absolute Gasteiger partial charge is 0.410 e. The molecule has 2 aromatic rings. The summed E-state index contributed by atoms with van der Waals surface area (Å²) in [7, 11) is 0. The Hall–Kier alpha value is -1.89. The topological polar surface area (TPSA) is 64.4 Å². The normalized spacial score (nSPS) is 18.4. The number of carbonyl (C=O) groups excluding carboxylic acids is 1. The summed E-state index contributed by atoms with van der Waals surface area (Å²) in [4.78, 5) is 31.2. The van der Waals surface area contributed by atoms with Crippen LogP contribution in [0, 0.1) is 0 Å². The molecule has 1 unspecified atom stereocenters. The van der Waals surface area contributed by atoms with Gasteiger partial charge in [-0.05, 0) is 51.8 Å². The molecule has 1 aliphatic rings. The molecule has 2 heterocycles. The molecule has 7 heteroatoms. The Morgan fingerprint density at radius 2 is 2.12 bits per heavy atom. The monoisotopic (exact) mass is 407 g/mol. The first-order valence-electron chi connectivity index (χ1n) is 8.39. The molecular formula is C18H22BrN3O3. The average Bonchev–Trinajstić information content (AvgIpc) is 2.53. The van der Waals surface area contributed by atoms with Gasteiger partial charge < -0.3 is 9.64 Å². The van der Waals surface area contributed by atoms with E-state index in [-0.39, 0.29) is 17.7 Å². The van der Waals surface area contributed by atoms with Crippen molar-refractivity contribution < 1.29 is 9.53 Å². The van der Waals surface area contributed by atoms with Gasteiger partial charge in [-0.1, -0.05) is 15.9 Å². The van der Waals surface area contributed by atoms with Crippen LogP contribution in [0.25, 0.3) is 10.9 Å². The van der Waals surface area contributed by atoms with E-state index in [4.69, 9.17) is 4.74 Å². The molecule has 1 aliphatic heterocycles. The molecule has 0 bridgehead atoms. The number of piperidine rings is 1. The highest BCUT2D eigenvalue weighted by Gasteiger charge is 2.29. The zero-order valence-corrected chi connectivity index (χ0v) is 16.2. The minimum atomic E-state index is -0.529. The van der Waals surface area contributed by atoms with E-state index in [9.17, 15) is 9.59 Å². The fourth-order valence-corrected chi connectivity index (χ4v) is 3.39. The molecule has 1 amide bonds. The van der Waals surface area contributed by atoms with E-state index >= 15 is 0 Å². The summed E-state index contributed by atoms with van der Waals surface area (Å²) in [5, 5.41) is 0.583. The van der Waals surface area contributed by atoms with Crippen LogP contribution in [-0.2, 0) is 4.74 Å². The summed E-state index contributed by atoms with van der Waals surface area (Å²) in [5.41, 5.74) is 0.0580. The molecule has 1 atom stereocenters. The third-order valence-corrected chi connectivity index (χ3v) is 4.68. The maximum atomic E-state index is 12.8. The van der Waals surface area contributed by atoms with Crippen LogP contribution in [0.3, 0.4) is 0 Å². The first-order chi connectivity index (χ1) is 11.7. The number of amides is 1. The van der Waals surface area contributed by atoms with Gasteiger partial charge >= 0.3 is 6.09 Å². The van der Waals surface area contributed by atoms with Crippen LogP contribution < -0.4 is 5.56 Å². The van der Waals surface area contributed by atoms with Crippen molar-refractivity contribution in [1.29, 1.82) is 0 Å². The van der Waals surface area contributed by atoms with E-state index < -0.39 is 5.60 Å². The lowest BCUT2D eigenvalue weighted by Crippen LogP contribution is -2.45.